The molecule has 0 amide bonds. The maximum atomic E-state index is 12.9. The number of hydrogen-bond acceptors (Lipinski definition) is 4. The van der Waals surface area contributed by atoms with E-state index in [4.69, 9.17) is 9.05 Å². The highest BCUT2D eigenvalue weighted by atomic mass is 31.2. The van der Waals surface area contributed by atoms with Gasteiger partial charge in [0, 0.05) is 6.20 Å². The second-order valence-corrected chi connectivity index (χ2v) is 4.72. The van der Waals surface area contributed by atoms with Crippen molar-refractivity contribution in [1.82, 2.24) is 4.98 Å². The van der Waals surface area contributed by atoms with Crippen molar-refractivity contribution in [2.75, 3.05) is 13.2 Å². The van der Waals surface area contributed by atoms with Gasteiger partial charge in [-0.05, 0) is 19.9 Å². The van der Waals surface area contributed by atoms with Crippen molar-refractivity contribution in [2.24, 2.45) is 0 Å². The van der Waals surface area contributed by atoms with Gasteiger partial charge in [0.25, 0.3) is 0 Å². The van der Waals surface area contributed by atoms with Crippen molar-refractivity contribution in [2.45, 2.75) is 13.8 Å². The molecule has 0 aromatic carbocycles. The molecule has 0 aliphatic heterocycles. The second kappa shape index (κ2) is 5.35. The summed E-state index contributed by atoms with van der Waals surface area (Å²) in [6.45, 7) is 3.85. The van der Waals surface area contributed by atoms with Crippen LogP contribution in [0.1, 0.15) is 13.8 Å². The smallest absolute Gasteiger partial charge is 0.305 e. The van der Waals surface area contributed by atoms with Gasteiger partial charge in [0.05, 0.1) is 24.7 Å². The largest absolute Gasteiger partial charge is 0.362 e. The summed E-state index contributed by atoms with van der Waals surface area (Å²) < 4.78 is 35.1. The quantitative estimate of drug-likeness (QED) is 0.731. The van der Waals surface area contributed by atoms with Crippen LogP contribution < -0.4 is 5.30 Å². The molecule has 0 aliphatic carbocycles. The average molecular weight is 233 g/mol. The van der Waals surface area contributed by atoms with Gasteiger partial charge in [-0.1, -0.05) is 0 Å². The Morgan fingerprint density at radius 1 is 1.33 bits per heavy atom. The van der Waals surface area contributed by atoms with Crippen molar-refractivity contribution in [3.8, 4) is 0 Å². The lowest BCUT2D eigenvalue weighted by Crippen LogP contribution is -2.12. The van der Waals surface area contributed by atoms with Crippen molar-refractivity contribution < 1.29 is 18.0 Å². The first kappa shape index (κ1) is 12.3. The van der Waals surface area contributed by atoms with Crippen LogP contribution in [-0.2, 0) is 13.6 Å². The van der Waals surface area contributed by atoms with Gasteiger partial charge >= 0.3 is 7.60 Å². The maximum Gasteiger partial charge on any atom is 0.362 e. The Morgan fingerprint density at radius 2 is 1.93 bits per heavy atom. The van der Waals surface area contributed by atoms with Gasteiger partial charge in [0.15, 0.2) is 0 Å². The molecule has 0 saturated heterocycles. The molecule has 1 rings (SSSR count). The highest BCUT2D eigenvalue weighted by Crippen LogP contribution is 2.46. The van der Waals surface area contributed by atoms with Crippen LogP contribution in [-0.4, -0.2) is 18.2 Å². The standard InChI is InChI=1S/C9H13FNO3P/c1-3-13-15(12,14-4-2)9-5-8(10)6-11-7-9/h5-7H,3-4H2,1-2H3. The van der Waals surface area contributed by atoms with Gasteiger partial charge in [0.2, 0.25) is 0 Å². The Balaban J connectivity index is 3.03. The Labute approximate surface area is 88.0 Å². The van der Waals surface area contributed by atoms with E-state index in [0.29, 0.717) is 0 Å². The van der Waals surface area contributed by atoms with Crippen LogP contribution in [0.3, 0.4) is 0 Å². The van der Waals surface area contributed by atoms with Crippen LogP contribution >= 0.6 is 7.60 Å². The predicted octanol–water partition coefficient (Wildman–Crippen LogP) is 2.11. The highest BCUT2D eigenvalue weighted by Gasteiger charge is 2.27. The fraction of sp³-hybridized carbons (Fsp3) is 0.444. The summed E-state index contributed by atoms with van der Waals surface area (Å²) in [6.07, 6.45) is 2.32. The molecule has 1 heterocycles. The molecule has 0 bridgehead atoms. The molecule has 0 aliphatic rings. The van der Waals surface area contributed by atoms with Crippen LogP contribution in [0.2, 0.25) is 0 Å². The van der Waals surface area contributed by atoms with E-state index in [2.05, 4.69) is 4.98 Å². The first-order chi connectivity index (χ1) is 7.12. The highest BCUT2D eigenvalue weighted by molar-refractivity contribution is 7.62. The summed E-state index contributed by atoms with van der Waals surface area (Å²) in [5.41, 5.74) is 0. The molecule has 0 saturated carbocycles. The summed E-state index contributed by atoms with van der Waals surface area (Å²) in [7, 11) is -3.40. The summed E-state index contributed by atoms with van der Waals surface area (Å²) in [5.74, 6) is -0.563. The Morgan fingerprint density at radius 3 is 2.40 bits per heavy atom. The maximum absolute atomic E-state index is 12.9. The molecule has 6 heteroatoms. The van der Waals surface area contributed by atoms with Crippen molar-refractivity contribution in [1.29, 1.82) is 0 Å². The number of pyridine rings is 1. The molecule has 84 valence electrons. The lowest BCUT2D eigenvalue weighted by Gasteiger charge is -2.16. The van der Waals surface area contributed by atoms with E-state index in [1.54, 1.807) is 13.8 Å². The normalized spacial score (nSPS) is 11.7. The first-order valence-electron chi connectivity index (χ1n) is 4.62. The minimum atomic E-state index is -3.40. The van der Waals surface area contributed by atoms with Crippen LogP contribution in [0, 0.1) is 5.82 Å². The van der Waals surface area contributed by atoms with Gasteiger partial charge in [-0.15, -0.1) is 0 Å². The number of hydrogen-bond donors (Lipinski definition) is 0. The molecule has 0 N–H and O–H groups in total. The molecule has 0 unspecified atom stereocenters. The summed E-state index contributed by atoms with van der Waals surface area (Å²) in [5, 5.41) is 0.145. The van der Waals surface area contributed by atoms with E-state index in [-0.39, 0.29) is 18.5 Å². The first-order valence-corrected chi connectivity index (χ1v) is 6.17. The molecule has 1 aromatic rings. The third-order valence-corrected chi connectivity index (χ3v) is 3.68. The Kier molecular flexibility index (Phi) is 4.39. The van der Waals surface area contributed by atoms with Crippen LogP contribution in [0.15, 0.2) is 18.5 Å². The summed E-state index contributed by atoms with van der Waals surface area (Å²) in [6, 6.07) is 1.11. The number of aromatic nitrogens is 1. The van der Waals surface area contributed by atoms with Gasteiger partial charge in [-0.25, -0.2) is 4.39 Å². The summed E-state index contributed by atoms with van der Waals surface area (Å²) in [4.78, 5) is 3.61. The van der Waals surface area contributed by atoms with E-state index in [0.717, 1.165) is 12.3 Å². The van der Waals surface area contributed by atoms with Crippen molar-refractivity contribution in [3.05, 3.63) is 24.3 Å². The molecule has 1 aromatic heterocycles. The molecule has 0 radical (unpaired) electrons. The molecule has 0 fully saturated rings. The van der Waals surface area contributed by atoms with E-state index in [1.165, 1.54) is 6.20 Å². The van der Waals surface area contributed by atoms with Crippen LogP contribution in [0.25, 0.3) is 0 Å². The Hall–Kier alpha value is -0.770. The van der Waals surface area contributed by atoms with E-state index in [1.807, 2.05) is 0 Å². The molecule has 0 spiro atoms. The zero-order valence-electron chi connectivity index (χ0n) is 8.64. The van der Waals surface area contributed by atoms with E-state index < -0.39 is 13.4 Å². The van der Waals surface area contributed by atoms with Crippen LogP contribution in [0.5, 0.6) is 0 Å². The summed E-state index contributed by atoms with van der Waals surface area (Å²) >= 11 is 0. The van der Waals surface area contributed by atoms with Crippen molar-refractivity contribution >= 4 is 12.9 Å². The molecule has 4 nitrogen and oxygen atoms in total. The fourth-order valence-electron chi connectivity index (χ4n) is 1.08. The minimum absolute atomic E-state index is 0.145. The SMILES string of the molecule is CCOP(=O)(OCC)c1cncc(F)c1. The fourth-order valence-corrected chi connectivity index (χ4v) is 2.62. The molecular weight excluding hydrogens is 220 g/mol. The zero-order valence-corrected chi connectivity index (χ0v) is 9.54. The van der Waals surface area contributed by atoms with Gasteiger partial charge < -0.3 is 9.05 Å². The monoisotopic (exact) mass is 233 g/mol. The lowest BCUT2D eigenvalue weighted by molar-refractivity contribution is 0.229. The lowest BCUT2D eigenvalue weighted by atomic mass is 10.5. The third-order valence-electron chi connectivity index (χ3n) is 1.60. The minimum Gasteiger partial charge on any atom is -0.305 e. The van der Waals surface area contributed by atoms with Crippen molar-refractivity contribution in [3.63, 3.8) is 0 Å². The van der Waals surface area contributed by atoms with Gasteiger partial charge in [-0.2, -0.15) is 0 Å². The van der Waals surface area contributed by atoms with Gasteiger partial charge in [-0.3, -0.25) is 9.55 Å². The predicted molar refractivity (Wildman–Crippen MR) is 54.7 cm³/mol. The van der Waals surface area contributed by atoms with Crippen LogP contribution in [0.4, 0.5) is 4.39 Å². The topological polar surface area (TPSA) is 48.4 Å². The third kappa shape index (κ3) is 3.09. The Bertz CT molecular complexity index is 362. The molecule has 15 heavy (non-hydrogen) atoms. The zero-order chi connectivity index (χ0) is 11.3. The molecule has 0 atom stereocenters. The van der Waals surface area contributed by atoms with E-state index >= 15 is 0 Å². The van der Waals surface area contributed by atoms with Gasteiger partial charge in [0.1, 0.15) is 5.82 Å². The number of nitrogens with zero attached hydrogens (tertiary/aromatic N) is 1. The number of rotatable bonds is 5. The van der Waals surface area contributed by atoms with E-state index in [9.17, 15) is 8.96 Å². The average Bonchev–Trinajstić information content (AvgIpc) is 2.18. The second-order valence-electron chi connectivity index (χ2n) is 2.69. The number of halogens is 1. The molecular formula is C9H13FNO3P.